The molecule has 0 aromatic carbocycles. The van der Waals surface area contributed by atoms with Crippen LogP contribution in [0.3, 0.4) is 0 Å². The largest absolute Gasteiger partial charge is 0.348 e. The zero-order valence-electron chi connectivity index (χ0n) is 11.9. The highest BCUT2D eigenvalue weighted by atomic mass is 14.9. The van der Waals surface area contributed by atoms with Gasteiger partial charge < -0.3 is 10.3 Å². The van der Waals surface area contributed by atoms with Gasteiger partial charge in [0.1, 0.15) is 0 Å². The minimum Gasteiger partial charge on any atom is -0.348 e. The molecule has 0 aliphatic heterocycles. The van der Waals surface area contributed by atoms with E-state index in [9.17, 15) is 0 Å². The molecule has 2 N–H and O–H groups in total. The summed E-state index contributed by atoms with van der Waals surface area (Å²) in [5, 5.41) is 3.49. The molecule has 0 amide bonds. The Bertz CT molecular complexity index is 257. The molecule has 1 rings (SSSR count). The Labute approximate surface area is 112 Å². The molecular weight excluding hydrogens is 222 g/mol. The summed E-state index contributed by atoms with van der Waals surface area (Å²) in [7, 11) is 0. The number of aromatic nitrogens is 2. The van der Waals surface area contributed by atoms with Crippen LogP contribution in [0.5, 0.6) is 0 Å². The van der Waals surface area contributed by atoms with Crippen molar-refractivity contribution >= 4 is 0 Å². The minimum absolute atomic E-state index is 1.05. The van der Waals surface area contributed by atoms with Gasteiger partial charge >= 0.3 is 0 Å². The van der Waals surface area contributed by atoms with Crippen LogP contribution >= 0.6 is 0 Å². The summed E-state index contributed by atoms with van der Waals surface area (Å²) in [5.74, 6) is 0. The number of hydrogen-bond donors (Lipinski definition) is 2. The molecule has 1 heterocycles. The molecule has 3 heteroatoms. The van der Waals surface area contributed by atoms with Gasteiger partial charge in [-0.2, -0.15) is 0 Å². The Morgan fingerprint density at radius 1 is 1.00 bits per heavy atom. The van der Waals surface area contributed by atoms with Crippen molar-refractivity contribution in [3.8, 4) is 0 Å². The second-order valence-corrected chi connectivity index (χ2v) is 5.05. The maximum atomic E-state index is 4.01. The topological polar surface area (TPSA) is 40.7 Å². The maximum Gasteiger partial charge on any atom is 0.0921 e. The highest BCUT2D eigenvalue weighted by Gasteiger charge is 1.94. The highest BCUT2D eigenvalue weighted by molar-refractivity contribution is 4.94. The van der Waals surface area contributed by atoms with E-state index in [1.165, 1.54) is 57.1 Å². The molecule has 0 fully saturated rings. The molecule has 3 nitrogen and oxygen atoms in total. The van der Waals surface area contributed by atoms with Crippen molar-refractivity contribution in [2.45, 2.75) is 64.7 Å². The average Bonchev–Trinajstić information content (AvgIpc) is 2.89. The van der Waals surface area contributed by atoms with E-state index >= 15 is 0 Å². The first kappa shape index (κ1) is 15.2. The van der Waals surface area contributed by atoms with Crippen molar-refractivity contribution < 1.29 is 0 Å². The van der Waals surface area contributed by atoms with Crippen LogP contribution in [0.25, 0.3) is 0 Å². The van der Waals surface area contributed by atoms with E-state index < -0.39 is 0 Å². The lowest BCUT2D eigenvalue weighted by atomic mass is 10.1. The lowest BCUT2D eigenvalue weighted by Gasteiger charge is -2.04. The van der Waals surface area contributed by atoms with Crippen LogP contribution in [0, 0.1) is 0 Å². The third kappa shape index (κ3) is 8.29. The van der Waals surface area contributed by atoms with E-state index in [1.54, 1.807) is 6.33 Å². The minimum atomic E-state index is 1.05. The molecule has 0 spiro atoms. The fourth-order valence-corrected chi connectivity index (χ4v) is 2.15. The van der Waals surface area contributed by atoms with Gasteiger partial charge in [0.25, 0.3) is 0 Å². The van der Waals surface area contributed by atoms with Crippen molar-refractivity contribution in [1.82, 2.24) is 15.3 Å². The van der Waals surface area contributed by atoms with Gasteiger partial charge in [-0.05, 0) is 13.0 Å². The predicted molar refractivity (Wildman–Crippen MR) is 77.8 cm³/mol. The van der Waals surface area contributed by atoms with E-state index in [1.807, 2.05) is 6.20 Å². The Morgan fingerprint density at radius 3 is 2.39 bits per heavy atom. The van der Waals surface area contributed by atoms with Crippen molar-refractivity contribution in [3.05, 3.63) is 18.2 Å². The standard InChI is InChI=1S/C15H29N3/c1-2-3-4-5-6-7-8-9-11-16-12-10-15-13-17-14-18-15/h13-14,16H,2-12H2,1H3,(H,17,18). The van der Waals surface area contributed by atoms with Crippen LogP contribution < -0.4 is 5.32 Å². The van der Waals surface area contributed by atoms with E-state index in [0.717, 1.165) is 19.5 Å². The maximum absolute atomic E-state index is 4.01. The molecule has 0 unspecified atom stereocenters. The molecule has 0 bridgehead atoms. The second kappa shape index (κ2) is 11.3. The molecule has 18 heavy (non-hydrogen) atoms. The SMILES string of the molecule is CCCCCCCCCCNCCc1cnc[nH]1. The first-order chi connectivity index (χ1) is 8.93. The summed E-state index contributed by atoms with van der Waals surface area (Å²) >= 11 is 0. The quantitative estimate of drug-likeness (QED) is 0.556. The lowest BCUT2D eigenvalue weighted by Crippen LogP contribution is -2.18. The number of hydrogen-bond acceptors (Lipinski definition) is 2. The van der Waals surface area contributed by atoms with Crippen molar-refractivity contribution in [3.63, 3.8) is 0 Å². The van der Waals surface area contributed by atoms with Gasteiger partial charge in [0, 0.05) is 24.9 Å². The second-order valence-electron chi connectivity index (χ2n) is 5.05. The number of nitrogens with one attached hydrogen (secondary N) is 2. The fourth-order valence-electron chi connectivity index (χ4n) is 2.15. The number of aromatic amines is 1. The van der Waals surface area contributed by atoms with E-state index in [2.05, 4.69) is 22.2 Å². The van der Waals surface area contributed by atoms with Gasteiger partial charge in [-0.25, -0.2) is 4.98 Å². The number of imidazole rings is 1. The first-order valence-corrected chi connectivity index (χ1v) is 7.61. The van der Waals surface area contributed by atoms with Gasteiger partial charge in [0.2, 0.25) is 0 Å². The summed E-state index contributed by atoms with van der Waals surface area (Å²) in [6.45, 7) is 4.48. The monoisotopic (exact) mass is 251 g/mol. The molecule has 0 atom stereocenters. The highest BCUT2D eigenvalue weighted by Crippen LogP contribution is 2.07. The molecule has 0 aliphatic carbocycles. The fraction of sp³-hybridized carbons (Fsp3) is 0.800. The molecule has 104 valence electrons. The van der Waals surface area contributed by atoms with E-state index in [4.69, 9.17) is 0 Å². The van der Waals surface area contributed by atoms with Crippen LogP contribution in [0.1, 0.15) is 64.0 Å². The first-order valence-electron chi connectivity index (χ1n) is 7.61. The summed E-state index contributed by atoms with van der Waals surface area (Å²) in [4.78, 5) is 7.13. The predicted octanol–water partition coefficient (Wildman–Crippen LogP) is 3.68. The third-order valence-electron chi connectivity index (χ3n) is 3.33. The van der Waals surface area contributed by atoms with E-state index in [-0.39, 0.29) is 0 Å². The van der Waals surface area contributed by atoms with Crippen LogP contribution in [0.2, 0.25) is 0 Å². The van der Waals surface area contributed by atoms with Gasteiger partial charge in [-0.3, -0.25) is 0 Å². The van der Waals surface area contributed by atoms with Crippen molar-refractivity contribution in [2.75, 3.05) is 13.1 Å². The number of nitrogens with zero attached hydrogens (tertiary/aromatic N) is 1. The lowest BCUT2D eigenvalue weighted by molar-refractivity contribution is 0.555. The summed E-state index contributed by atoms with van der Waals surface area (Å²) in [6.07, 6.45) is 15.8. The molecule has 0 saturated heterocycles. The Hall–Kier alpha value is -0.830. The Morgan fingerprint density at radius 2 is 1.72 bits per heavy atom. The number of H-pyrrole nitrogens is 1. The Balaban J connectivity index is 1.73. The summed E-state index contributed by atoms with van der Waals surface area (Å²) in [5.41, 5.74) is 1.22. The van der Waals surface area contributed by atoms with Crippen molar-refractivity contribution in [1.29, 1.82) is 0 Å². The van der Waals surface area contributed by atoms with Crippen molar-refractivity contribution in [2.24, 2.45) is 0 Å². The summed E-state index contributed by atoms with van der Waals surface area (Å²) < 4.78 is 0. The molecule has 0 saturated carbocycles. The number of rotatable bonds is 12. The molecule has 1 aromatic rings. The summed E-state index contributed by atoms with van der Waals surface area (Å²) in [6, 6.07) is 0. The van der Waals surface area contributed by atoms with Crippen LogP contribution in [-0.4, -0.2) is 23.1 Å². The smallest absolute Gasteiger partial charge is 0.0921 e. The molecular formula is C15H29N3. The average molecular weight is 251 g/mol. The van der Waals surface area contributed by atoms with Gasteiger partial charge in [0.15, 0.2) is 0 Å². The van der Waals surface area contributed by atoms with Crippen LogP contribution in [0.15, 0.2) is 12.5 Å². The Kier molecular flexibility index (Phi) is 9.54. The zero-order chi connectivity index (χ0) is 12.9. The molecule has 0 aliphatic rings. The number of unbranched alkanes of at least 4 members (excludes halogenated alkanes) is 7. The van der Waals surface area contributed by atoms with Gasteiger partial charge in [-0.1, -0.05) is 51.9 Å². The third-order valence-corrected chi connectivity index (χ3v) is 3.33. The van der Waals surface area contributed by atoms with Crippen LogP contribution in [-0.2, 0) is 6.42 Å². The molecule has 0 radical (unpaired) electrons. The zero-order valence-corrected chi connectivity index (χ0v) is 11.9. The van der Waals surface area contributed by atoms with Crippen LogP contribution in [0.4, 0.5) is 0 Å². The van der Waals surface area contributed by atoms with Gasteiger partial charge in [-0.15, -0.1) is 0 Å². The van der Waals surface area contributed by atoms with E-state index in [0.29, 0.717) is 0 Å². The molecule has 1 aromatic heterocycles. The normalized spacial score (nSPS) is 10.9. The van der Waals surface area contributed by atoms with Gasteiger partial charge in [0.05, 0.1) is 6.33 Å².